The Labute approximate surface area is 80.8 Å². The second-order valence-electron chi connectivity index (χ2n) is 3.90. The van der Waals surface area contributed by atoms with Gasteiger partial charge in [-0.15, -0.1) is 0 Å². The molecule has 0 spiro atoms. The first-order valence-electron chi connectivity index (χ1n) is 5.16. The van der Waals surface area contributed by atoms with Gasteiger partial charge in [-0.2, -0.15) is 0 Å². The van der Waals surface area contributed by atoms with Crippen molar-refractivity contribution in [1.82, 2.24) is 5.32 Å². The van der Waals surface area contributed by atoms with E-state index in [0.29, 0.717) is 18.1 Å². The highest BCUT2D eigenvalue weighted by molar-refractivity contribution is 4.72. The lowest BCUT2D eigenvalue weighted by Crippen LogP contribution is -2.43. The lowest BCUT2D eigenvalue weighted by Gasteiger charge is -2.29. The van der Waals surface area contributed by atoms with Gasteiger partial charge in [0.15, 0.2) is 0 Å². The fourth-order valence-electron chi connectivity index (χ4n) is 1.30. The predicted molar refractivity (Wildman–Crippen MR) is 52.9 cm³/mol. The van der Waals surface area contributed by atoms with Crippen LogP contribution < -0.4 is 5.32 Å². The van der Waals surface area contributed by atoms with Crippen molar-refractivity contribution >= 4 is 0 Å². The maximum Gasteiger partial charge on any atom is 0.104 e. The van der Waals surface area contributed by atoms with Crippen molar-refractivity contribution in [2.45, 2.75) is 32.9 Å². The molecule has 1 heterocycles. The van der Waals surface area contributed by atoms with Crippen LogP contribution in [0, 0.1) is 5.92 Å². The minimum Gasteiger partial charge on any atom is -0.376 e. The van der Waals surface area contributed by atoms with Gasteiger partial charge in [0.2, 0.25) is 0 Å². The van der Waals surface area contributed by atoms with Gasteiger partial charge in [0, 0.05) is 6.04 Å². The van der Waals surface area contributed by atoms with E-state index >= 15 is 0 Å². The Morgan fingerprint density at radius 3 is 2.54 bits per heavy atom. The van der Waals surface area contributed by atoms with Crippen LogP contribution in [-0.2, 0) is 9.47 Å². The quantitative estimate of drug-likeness (QED) is 0.674. The number of hydrogen-bond acceptors (Lipinski definition) is 3. The third-order valence-electron chi connectivity index (χ3n) is 2.39. The summed E-state index contributed by atoms with van der Waals surface area (Å²) >= 11 is 0. The second kappa shape index (κ2) is 5.58. The first-order valence-corrected chi connectivity index (χ1v) is 5.16. The Hall–Kier alpha value is -0.120. The maximum atomic E-state index is 5.67. The molecule has 78 valence electrons. The lowest BCUT2D eigenvalue weighted by molar-refractivity contribution is -0.134. The van der Waals surface area contributed by atoms with Crippen LogP contribution in [0.4, 0.5) is 0 Å². The molecule has 1 N–H and O–H groups in total. The summed E-state index contributed by atoms with van der Waals surface area (Å²) in [6.07, 6.45) is 0.347. The summed E-state index contributed by atoms with van der Waals surface area (Å²) in [6.45, 7) is 9.92. The minimum atomic E-state index is 0.347. The van der Waals surface area contributed by atoms with Crippen LogP contribution in [-0.4, -0.2) is 38.5 Å². The Morgan fingerprint density at radius 2 is 2.15 bits per heavy atom. The molecule has 0 bridgehead atoms. The van der Waals surface area contributed by atoms with Crippen molar-refractivity contribution in [1.29, 1.82) is 0 Å². The van der Waals surface area contributed by atoms with Gasteiger partial charge in [0.05, 0.1) is 19.8 Å². The number of likely N-dealkylation sites (N-methyl/N-ethyl adjacent to an activating group) is 1. The lowest BCUT2D eigenvalue weighted by atomic mass is 10.1. The van der Waals surface area contributed by atoms with Crippen molar-refractivity contribution in [3.05, 3.63) is 0 Å². The van der Waals surface area contributed by atoms with E-state index in [1.165, 1.54) is 0 Å². The first-order chi connectivity index (χ1) is 6.24. The summed E-state index contributed by atoms with van der Waals surface area (Å²) in [5.74, 6) is 0.626. The van der Waals surface area contributed by atoms with Gasteiger partial charge in [-0.3, -0.25) is 0 Å². The fraction of sp³-hybridized carbons (Fsp3) is 1.00. The van der Waals surface area contributed by atoms with Crippen LogP contribution in [0.15, 0.2) is 0 Å². The largest absolute Gasteiger partial charge is 0.376 e. The van der Waals surface area contributed by atoms with Gasteiger partial charge in [0.25, 0.3) is 0 Å². The molecule has 13 heavy (non-hydrogen) atoms. The van der Waals surface area contributed by atoms with Gasteiger partial charge < -0.3 is 14.8 Å². The topological polar surface area (TPSA) is 30.5 Å². The highest BCUT2D eigenvalue weighted by Gasteiger charge is 2.21. The minimum absolute atomic E-state index is 0.347. The highest BCUT2D eigenvalue weighted by atomic mass is 16.6. The summed E-state index contributed by atoms with van der Waals surface area (Å²) in [4.78, 5) is 0. The van der Waals surface area contributed by atoms with E-state index in [2.05, 4.69) is 26.1 Å². The first kappa shape index (κ1) is 11.0. The Bertz CT molecular complexity index is 135. The fourth-order valence-corrected chi connectivity index (χ4v) is 1.30. The molecule has 0 aromatic carbocycles. The molecule has 1 aliphatic rings. The third-order valence-corrected chi connectivity index (χ3v) is 2.39. The van der Waals surface area contributed by atoms with Crippen LogP contribution >= 0.6 is 0 Å². The Morgan fingerprint density at radius 1 is 1.46 bits per heavy atom. The molecule has 1 atom stereocenters. The molecule has 1 rings (SSSR count). The van der Waals surface area contributed by atoms with Crippen molar-refractivity contribution in [2.75, 3.05) is 26.4 Å². The van der Waals surface area contributed by atoms with Gasteiger partial charge >= 0.3 is 0 Å². The van der Waals surface area contributed by atoms with Crippen LogP contribution in [0.5, 0.6) is 0 Å². The molecule has 3 nitrogen and oxygen atoms in total. The molecule has 0 radical (unpaired) electrons. The molecule has 0 aliphatic carbocycles. The summed E-state index contributed by atoms with van der Waals surface area (Å²) in [5, 5.41) is 3.42. The average molecular weight is 187 g/mol. The maximum absolute atomic E-state index is 5.67. The molecule has 1 aliphatic heterocycles. The highest BCUT2D eigenvalue weighted by Crippen LogP contribution is 2.08. The molecule has 0 aromatic heterocycles. The summed E-state index contributed by atoms with van der Waals surface area (Å²) in [5.41, 5.74) is 0. The number of hydrogen-bond donors (Lipinski definition) is 1. The number of ether oxygens (including phenoxy) is 2. The summed E-state index contributed by atoms with van der Waals surface area (Å²) in [7, 11) is 0. The van der Waals surface area contributed by atoms with E-state index in [1.54, 1.807) is 0 Å². The monoisotopic (exact) mass is 187 g/mol. The Kier molecular flexibility index (Phi) is 4.70. The zero-order valence-corrected chi connectivity index (χ0v) is 8.88. The smallest absolute Gasteiger partial charge is 0.104 e. The molecule has 0 amide bonds. The van der Waals surface area contributed by atoms with E-state index < -0.39 is 0 Å². The van der Waals surface area contributed by atoms with E-state index in [-0.39, 0.29) is 0 Å². The van der Waals surface area contributed by atoms with Gasteiger partial charge in [-0.1, -0.05) is 20.8 Å². The average Bonchev–Trinajstić information content (AvgIpc) is 1.99. The molecule has 0 saturated carbocycles. The second-order valence-corrected chi connectivity index (χ2v) is 3.90. The molecule has 1 unspecified atom stereocenters. The van der Waals surface area contributed by atoms with Crippen molar-refractivity contribution in [2.24, 2.45) is 5.92 Å². The zero-order valence-electron chi connectivity index (χ0n) is 8.88. The SMILES string of the molecule is CCNC(COC1COC1)C(C)C. The van der Waals surface area contributed by atoms with Crippen molar-refractivity contribution < 1.29 is 9.47 Å². The Balaban J connectivity index is 2.12. The summed E-state index contributed by atoms with van der Waals surface area (Å²) < 4.78 is 10.7. The van der Waals surface area contributed by atoms with Crippen LogP contribution in [0.3, 0.4) is 0 Å². The van der Waals surface area contributed by atoms with E-state index in [9.17, 15) is 0 Å². The van der Waals surface area contributed by atoms with Crippen LogP contribution in [0.1, 0.15) is 20.8 Å². The van der Waals surface area contributed by atoms with E-state index in [4.69, 9.17) is 9.47 Å². The van der Waals surface area contributed by atoms with Gasteiger partial charge in [-0.25, -0.2) is 0 Å². The molecule has 0 aromatic rings. The van der Waals surface area contributed by atoms with Gasteiger partial charge in [0.1, 0.15) is 6.10 Å². The molecule has 3 heteroatoms. The zero-order chi connectivity index (χ0) is 9.68. The normalized spacial score (nSPS) is 20.3. The standard InChI is InChI=1S/C10H21NO2/c1-4-11-10(8(2)3)7-13-9-5-12-6-9/h8-11H,4-7H2,1-3H3. The van der Waals surface area contributed by atoms with E-state index in [1.807, 2.05) is 0 Å². The van der Waals surface area contributed by atoms with Crippen LogP contribution in [0.2, 0.25) is 0 Å². The third kappa shape index (κ3) is 3.63. The number of nitrogens with one attached hydrogen (secondary N) is 1. The molecule has 1 fully saturated rings. The van der Waals surface area contributed by atoms with E-state index in [0.717, 1.165) is 26.4 Å². The summed E-state index contributed by atoms with van der Waals surface area (Å²) in [6, 6.07) is 0.477. The molecule has 1 saturated heterocycles. The predicted octanol–water partition coefficient (Wildman–Crippen LogP) is 1.04. The number of rotatable bonds is 6. The molecular formula is C10H21NO2. The molecular weight excluding hydrogens is 166 g/mol. The van der Waals surface area contributed by atoms with Crippen molar-refractivity contribution in [3.8, 4) is 0 Å². The van der Waals surface area contributed by atoms with Crippen molar-refractivity contribution in [3.63, 3.8) is 0 Å². The van der Waals surface area contributed by atoms with Crippen LogP contribution in [0.25, 0.3) is 0 Å². The van der Waals surface area contributed by atoms with Gasteiger partial charge in [-0.05, 0) is 12.5 Å².